The number of nitrogens with one attached hydrogen (secondary N) is 1. The molecule has 2 rings (SSSR count). The molecule has 17 heavy (non-hydrogen) atoms. The topological polar surface area (TPSA) is 37.4 Å². The number of aromatic nitrogens is 1. The first-order valence-corrected chi connectivity index (χ1v) is 6.18. The van der Waals surface area contributed by atoms with E-state index in [2.05, 4.69) is 21.3 Å². The molecule has 1 unspecified atom stereocenters. The smallest absolute Gasteiger partial charge is 0.217 e. The molecule has 0 spiro atoms. The average molecular weight is 235 g/mol. The normalized spacial score (nSPS) is 20.7. The second kappa shape index (κ2) is 5.98. The molecule has 1 saturated heterocycles. The van der Waals surface area contributed by atoms with Crippen LogP contribution < -0.4 is 10.1 Å². The van der Waals surface area contributed by atoms with Crippen LogP contribution in [-0.2, 0) is 6.54 Å². The highest BCUT2D eigenvalue weighted by Crippen LogP contribution is 2.21. The molecule has 0 aliphatic carbocycles. The Morgan fingerprint density at radius 2 is 2.47 bits per heavy atom. The van der Waals surface area contributed by atoms with Crippen LogP contribution in [0.5, 0.6) is 5.88 Å². The lowest BCUT2D eigenvalue weighted by atomic mass is 10.1. The van der Waals surface area contributed by atoms with Crippen LogP contribution in [0.15, 0.2) is 18.3 Å². The third-order valence-corrected chi connectivity index (χ3v) is 3.30. The Bertz CT molecular complexity index is 356. The maximum atomic E-state index is 5.28. The van der Waals surface area contributed by atoms with Crippen LogP contribution in [-0.4, -0.2) is 43.7 Å². The standard InChI is InChI=1S/C13H21N3O/c1-14-8-11-5-7-16(9-11)10-12-4-3-6-15-13(12)17-2/h3-4,6,11,14H,5,7-10H2,1-2H3. The van der Waals surface area contributed by atoms with Crippen LogP contribution in [0, 0.1) is 5.92 Å². The van der Waals surface area contributed by atoms with Crippen molar-refractivity contribution >= 4 is 0 Å². The van der Waals surface area contributed by atoms with Crippen molar-refractivity contribution in [3.05, 3.63) is 23.9 Å². The van der Waals surface area contributed by atoms with Gasteiger partial charge in [0.05, 0.1) is 7.11 Å². The molecule has 1 N–H and O–H groups in total. The third kappa shape index (κ3) is 3.17. The number of nitrogens with zero attached hydrogens (tertiary/aromatic N) is 2. The summed E-state index contributed by atoms with van der Waals surface area (Å²) in [6.45, 7) is 4.39. The molecule has 1 aliphatic rings. The van der Waals surface area contributed by atoms with Crippen molar-refractivity contribution in [1.29, 1.82) is 0 Å². The maximum absolute atomic E-state index is 5.28. The Kier molecular flexibility index (Phi) is 4.34. The molecule has 0 aromatic carbocycles. The predicted octanol–water partition coefficient (Wildman–Crippen LogP) is 1.13. The second-order valence-corrected chi connectivity index (χ2v) is 4.62. The molecule has 0 radical (unpaired) electrons. The van der Waals surface area contributed by atoms with Gasteiger partial charge in [0.15, 0.2) is 0 Å². The first-order chi connectivity index (χ1) is 8.33. The fraction of sp³-hybridized carbons (Fsp3) is 0.615. The minimum atomic E-state index is 0.754. The first-order valence-electron chi connectivity index (χ1n) is 6.18. The van der Waals surface area contributed by atoms with Gasteiger partial charge < -0.3 is 10.1 Å². The van der Waals surface area contributed by atoms with E-state index in [1.165, 1.54) is 25.1 Å². The van der Waals surface area contributed by atoms with E-state index < -0.39 is 0 Å². The van der Waals surface area contributed by atoms with E-state index in [4.69, 9.17) is 4.74 Å². The Morgan fingerprint density at radius 1 is 1.59 bits per heavy atom. The first kappa shape index (κ1) is 12.3. The van der Waals surface area contributed by atoms with Crippen molar-refractivity contribution in [2.75, 3.05) is 33.8 Å². The lowest BCUT2D eigenvalue weighted by Gasteiger charge is -2.17. The predicted molar refractivity (Wildman–Crippen MR) is 68.1 cm³/mol. The number of hydrogen-bond acceptors (Lipinski definition) is 4. The summed E-state index contributed by atoms with van der Waals surface area (Å²) in [5.41, 5.74) is 1.18. The Labute approximate surface area is 103 Å². The van der Waals surface area contributed by atoms with Crippen molar-refractivity contribution in [2.45, 2.75) is 13.0 Å². The lowest BCUT2D eigenvalue weighted by molar-refractivity contribution is 0.304. The molecule has 2 heterocycles. The summed E-state index contributed by atoms with van der Waals surface area (Å²) in [5.74, 6) is 1.53. The zero-order chi connectivity index (χ0) is 12.1. The minimum Gasteiger partial charge on any atom is -0.481 e. The SMILES string of the molecule is CNCC1CCN(Cc2cccnc2OC)C1. The molecule has 1 aliphatic heterocycles. The molecule has 4 nitrogen and oxygen atoms in total. The summed E-state index contributed by atoms with van der Waals surface area (Å²) >= 11 is 0. The molecule has 1 aromatic heterocycles. The molecule has 4 heteroatoms. The van der Waals surface area contributed by atoms with Gasteiger partial charge in [-0.1, -0.05) is 6.07 Å². The van der Waals surface area contributed by atoms with Gasteiger partial charge in [0.25, 0.3) is 0 Å². The van der Waals surface area contributed by atoms with Crippen LogP contribution in [0.2, 0.25) is 0 Å². The van der Waals surface area contributed by atoms with E-state index in [0.29, 0.717) is 0 Å². The van der Waals surface area contributed by atoms with Gasteiger partial charge in [-0.25, -0.2) is 4.98 Å². The van der Waals surface area contributed by atoms with Gasteiger partial charge in [-0.2, -0.15) is 0 Å². The molecule has 0 saturated carbocycles. The van der Waals surface area contributed by atoms with Gasteiger partial charge in [0, 0.05) is 24.8 Å². The van der Waals surface area contributed by atoms with E-state index in [1.807, 2.05) is 13.1 Å². The molecular weight excluding hydrogens is 214 g/mol. The van der Waals surface area contributed by atoms with Gasteiger partial charge >= 0.3 is 0 Å². The number of pyridine rings is 1. The monoisotopic (exact) mass is 235 g/mol. The van der Waals surface area contributed by atoms with Crippen molar-refractivity contribution in [3.63, 3.8) is 0 Å². The minimum absolute atomic E-state index is 0.754. The van der Waals surface area contributed by atoms with Gasteiger partial charge in [-0.15, -0.1) is 0 Å². The number of likely N-dealkylation sites (tertiary alicyclic amines) is 1. The van der Waals surface area contributed by atoms with Gasteiger partial charge in [-0.3, -0.25) is 4.90 Å². The highest BCUT2D eigenvalue weighted by Gasteiger charge is 2.22. The fourth-order valence-corrected chi connectivity index (χ4v) is 2.48. The van der Waals surface area contributed by atoms with E-state index in [1.54, 1.807) is 13.3 Å². The summed E-state index contributed by atoms with van der Waals surface area (Å²) in [7, 11) is 3.70. The largest absolute Gasteiger partial charge is 0.481 e. The van der Waals surface area contributed by atoms with Crippen LogP contribution in [0.4, 0.5) is 0 Å². The van der Waals surface area contributed by atoms with Gasteiger partial charge in [-0.05, 0) is 38.5 Å². The molecule has 1 atom stereocenters. The van der Waals surface area contributed by atoms with Crippen molar-refractivity contribution in [1.82, 2.24) is 15.2 Å². The summed E-state index contributed by atoms with van der Waals surface area (Å²) < 4.78 is 5.28. The molecule has 0 bridgehead atoms. The number of methoxy groups -OCH3 is 1. The highest BCUT2D eigenvalue weighted by molar-refractivity contribution is 5.25. The van der Waals surface area contributed by atoms with E-state index in [0.717, 1.165) is 24.9 Å². The highest BCUT2D eigenvalue weighted by atomic mass is 16.5. The molecule has 1 aromatic rings. The number of rotatable bonds is 5. The van der Waals surface area contributed by atoms with Gasteiger partial charge in [0.1, 0.15) is 0 Å². The maximum Gasteiger partial charge on any atom is 0.217 e. The second-order valence-electron chi connectivity index (χ2n) is 4.62. The number of hydrogen-bond donors (Lipinski definition) is 1. The van der Waals surface area contributed by atoms with Crippen LogP contribution >= 0.6 is 0 Å². The number of ether oxygens (including phenoxy) is 1. The molecule has 1 fully saturated rings. The van der Waals surface area contributed by atoms with Crippen molar-refractivity contribution in [2.24, 2.45) is 5.92 Å². The van der Waals surface area contributed by atoms with E-state index in [9.17, 15) is 0 Å². The Balaban J connectivity index is 1.93. The van der Waals surface area contributed by atoms with E-state index >= 15 is 0 Å². The zero-order valence-electron chi connectivity index (χ0n) is 10.6. The van der Waals surface area contributed by atoms with Crippen LogP contribution in [0.25, 0.3) is 0 Å². The molecular formula is C13H21N3O. The lowest BCUT2D eigenvalue weighted by Crippen LogP contribution is -2.24. The third-order valence-electron chi connectivity index (χ3n) is 3.30. The average Bonchev–Trinajstić information content (AvgIpc) is 2.78. The van der Waals surface area contributed by atoms with Crippen LogP contribution in [0.1, 0.15) is 12.0 Å². The Hall–Kier alpha value is -1.13. The van der Waals surface area contributed by atoms with E-state index in [-0.39, 0.29) is 0 Å². The quantitative estimate of drug-likeness (QED) is 0.830. The van der Waals surface area contributed by atoms with Crippen molar-refractivity contribution < 1.29 is 4.74 Å². The fourth-order valence-electron chi connectivity index (χ4n) is 2.48. The summed E-state index contributed by atoms with van der Waals surface area (Å²) in [4.78, 5) is 6.71. The molecule has 94 valence electrons. The van der Waals surface area contributed by atoms with Crippen molar-refractivity contribution in [3.8, 4) is 5.88 Å². The summed E-state index contributed by atoms with van der Waals surface area (Å²) in [6.07, 6.45) is 3.06. The van der Waals surface area contributed by atoms with Crippen LogP contribution in [0.3, 0.4) is 0 Å². The zero-order valence-corrected chi connectivity index (χ0v) is 10.6. The summed E-state index contributed by atoms with van der Waals surface area (Å²) in [5, 5.41) is 3.25. The van der Waals surface area contributed by atoms with Gasteiger partial charge in [0.2, 0.25) is 5.88 Å². The Morgan fingerprint density at radius 3 is 3.24 bits per heavy atom. The summed E-state index contributed by atoms with van der Waals surface area (Å²) in [6, 6.07) is 4.07. The molecule has 0 amide bonds.